The van der Waals surface area contributed by atoms with E-state index in [2.05, 4.69) is 10.3 Å². The molecule has 1 aliphatic carbocycles. The minimum Gasteiger partial charge on any atom is -0.310 e. The number of anilines is 1. The van der Waals surface area contributed by atoms with Crippen molar-refractivity contribution in [1.29, 1.82) is 0 Å². The van der Waals surface area contributed by atoms with Crippen LogP contribution in [0.5, 0.6) is 0 Å². The lowest BCUT2D eigenvalue weighted by molar-refractivity contribution is -0.119. The number of nitrogens with zero attached hydrogens (tertiary/aromatic N) is 1. The van der Waals surface area contributed by atoms with Crippen molar-refractivity contribution in [2.45, 2.75) is 12.8 Å². The fourth-order valence-corrected chi connectivity index (χ4v) is 2.49. The van der Waals surface area contributed by atoms with Crippen LogP contribution in [0.25, 0.3) is 0 Å². The van der Waals surface area contributed by atoms with Crippen LogP contribution in [-0.2, 0) is 11.2 Å². The first kappa shape index (κ1) is 12.5. The largest absolute Gasteiger partial charge is 0.310 e. The van der Waals surface area contributed by atoms with Crippen LogP contribution in [0.1, 0.15) is 22.3 Å². The molecule has 0 saturated carbocycles. The minimum atomic E-state index is -0.320. The van der Waals surface area contributed by atoms with Crippen molar-refractivity contribution in [2.75, 3.05) is 5.32 Å². The van der Waals surface area contributed by atoms with Gasteiger partial charge in [0.05, 0.1) is 0 Å². The molecule has 4 heteroatoms. The fourth-order valence-electron chi connectivity index (χ4n) is 2.49. The Balaban J connectivity index is 1.76. The van der Waals surface area contributed by atoms with E-state index in [0.29, 0.717) is 12.2 Å². The molecule has 1 N–H and O–H groups in total. The van der Waals surface area contributed by atoms with Crippen LogP contribution in [0.15, 0.2) is 48.7 Å². The average molecular weight is 266 g/mol. The van der Waals surface area contributed by atoms with E-state index in [1.165, 1.54) is 0 Å². The number of benzene rings is 1. The molecule has 1 aliphatic rings. The lowest BCUT2D eigenvalue weighted by atomic mass is 9.82. The van der Waals surface area contributed by atoms with Gasteiger partial charge in [0.2, 0.25) is 5.91 Å². The molecule has 20 heavy (non-hydrogen) atoms. The number of carbonyl (C=O) groups is 2. The molecule has 0 fully saturated rings. The second-order valence-corrected chi connectivity index (χ2v) is 4.89. The van der Waals surface area contributed by atoms with Crippen molar-refractivity contribution >= 4 is 17.5 Å². The van der Waals surface area contributed by atoms with Crippen molar-refractivity contribution in [3.8, 4) is 0 Å². The van der Waals surface area contributed by atoms with Gasteiger partial charge in [0.1, 0.15) is 5.82 Å². The van der Waals surface area contributed by atoms with E-state index in [0.717, 1.165) is 11.1 Å². The first-order chi connectivity index (χ1) is 9.74. The van der Waals surface area contributed by atoms with Crippen LogP contribution in [0.3, 0.4) is 0 Å². The smallest absolute Gasteiger partial charge is 0.229 e. The van der Waals surface area contributed by atoms with Crippen molar-refractivity contribution in [3.63, 3.8) is 0 Å². The number of Topliss-reactive ketones (excluding diaryl/α,β-unsaturated/α-hetero) is 1. The zero-order valence-electron chi connectivity index (χ0n) is 10.9. The van der Waals surface area contributed by atoms with E-state index in [9.17, 15) is 9.59 Å². The number of hydrogen-bond donors (Lipinski definition) is 1. The molecule has 0 bridgehead atoms. The number of pyridine rings is 1. The Morgan fingerprint density at radius 3 is 2.70 bits per heavy atom. The second-order valence-electron chi connectivity index (χ2n) is 4.89. The molecular formula is C16H14N2O2. The van der Waals surface area contributed by atoms with Gasteiger partial charge in [0.15, 0.2) is 5.78 Å². The fraction of sp³-hybridized carbons (Fsp3) is 0.188. The van der Waals surface area contributed by atoms with Crippen molar-refractivity contribution in [3.05, 3.63) is 59.8 Å². The summed E-state index contributed by atoms with van der Waals surface area (Å²) >= 11 is 0. The van der Waals surface area contributed by atoms with E-state index in [-0.39, 0.29) is 24.0 Å². The van der Waals surface area contributed by atoms with Gasteiger partial charge in [-0.2, -0.15) is 0 Å². The molecule has 100 valence electrons. The Morgan fingerprint density at radius 1 is 1.10 bits per heavy atom. The molecule has 0 radical (unpaired) electrons. The number of ketones is 1. The summed E-state index contributed by atoms with van der Waals surface area (Å²) in [6.07, 6.45) is 2.48. The highest BCUT2D eigenvalue weighted by Crippen LogP contribution is 2.26. The second kappa shape index (κ2) is 5.25. The standard InChI is InChI=1S/C16H14N2O2/c19-14-10-12(9-11-5-1-2-6-13(11)14)16(20)18-15-7-3-4-8-17-15/h1-8,12H,9-10H2,(H,17,18,20). The van der Waals surface area contributed by atoms with Gasteiger partial charge in [-0.15, -0.1) is 0 Å². The number of fused-ring (bicyclic) bond motifs is 1. The number of rotatable bonds is 2. The maximum Gasteiger partial charge on any atom is 0.229 e. The quantitative estimate of drug-likeness (QED) is 0.908. The zero-order chi connectivity index (χ0) is 13.9. The van der Waals surface area contributed by atoms with Crippen LogP contribution in [0.4, 0.5) is 5.82 Å². The first-order valence-corrected chi connectivity index (χ1v) is 6.57. The Kier molecular flexibility index (Phi) is 3.29. The summed E-state index contributed by atoms with van der Waals surface area (Å²) in [6, 6.07) is 12.8. The van der Waals surface area contributed by atoms with Gasteiger partial charge in [-0.25, -0.2) is 4.98 Å². The molecule has 1 aromatic heterocycles. The summed E-state index contributed by atoms with van der Waals surface area (Å²) < 4.78 is 0. The molecule has 3 rings (SSSR count). The summed E-state index contributed by atoms with van der Waals surface area (Å²) in [6.45, 7) is 0. The van der Waals surface area contributed by atoms with Crippen LogP contribution in [0.2, 0.25) is 0 Å². The molecule has 0 saturated heterocycles. The monoisotopic (exact) mass is 266 g/mol. The molecule has 1 heterocycles. The van der Waals surface area contributed by atoms with E-state index in [1.807, 2.05) is 30.3 Å². The van der Waals surface area contributed by atoms with Gasteiger partial charge < -0.3 is 5.32 Å². The average Bonchev–Trinajstić information content (AvgIpc) is 2.48. The highest BCUT2D eigenvalue weighted by molar-refractivity contribution is 6.03. The lowest BCUT2D eigenvalue weighted by Gasteiger charge is -2.22. The van der Waals surface area contributed by atoms with E-state index in [4.69, 9.17) is 0 Å². The first-order valence-electron chi connectivity index (χ1n) is 6.57. The Bertz CT molecular complexity index is 653. The third-order valence-electron chi connectivity index (χ3n) is 3.50. The molecule has 0 aliphatic heterocycles. The minimum absolute atomic E-state index is 0.0352. The van der Waals surface area contributed by atoms with Gasteiger partial charge in [0.25, 0.3) is 0 Å². The van der Waals surface area contributed by atoms with Gasteiger partial charge >= 0.3 is 0 Å². The van der Waals surface area contributed by atoms with E-state index < -0.39 is 0 Å². The third-order valence-corrected chi connectivity index (χ3v) is 3.50. The third kappa shape index (κ3) is 2.45. The zero-order valence-corrected chi connectivity index (χ0v) is 10.9. The summed E-state index contributed by atoms with van der Waals surface area (Å²) in [4.78, 5) is 28.3. The van der Waals surface area contributed by atoms with Crippen LogP contribution in [0, 0.1) is 5.92 Å². The molecular weight excluding hydrogens is 252 g/mol. The number of hydrogen-bond acceptors (Lipinski definition) is 3. The normalized spacial score (nSPS) is 17.4. The lowest BCUT2D eigenvalue weighted by Crippen LogP contribution is -2.31. The molecule has 1 aromatic carbocycles. The van der Waals surface area contributed by atoms with Crippen LogP contribution >= 0.6 is 0 Å². The highest BCUT2D eigenvalue weighted by Gasteiger charge is 2.29. The Morgan fingerprint density at radius 2 is 1.90 bits per heavy atom. The molecule has 2 aromatic rings. The molecule has 1 unspecified atom stereocenters. The van der Waals surface area contributed by atoms with Gasteiger partial charge in [-0.3, -0.25) is 9.59 Å². The molecule has 4 nitrogen and oxygen atoms in total. The summed E-state index contributed by atoms with van der Waals surface area (Å²) in [7, 11) is 0. The Hall–Kier alpha value is -2.49. The summed E-state index contributed by atoms with van der Waals surface area (Å²) in [5, 5.41) is 2.76. The van der Waals surface area contributed by atoms with Crippen molar-refractivity contribution < 1.29 is 9.59 Å². The molecule has 1 amide bonds. The molecule has 1 atom stereocenters. The van der Waals surface area contributed by atoms with Crippen LogP contribution in [-0.4, -0.2) is 16.7 Å². The summed E-state index contributed by atoms with van der Waals surface area (Å²) in [5.41, 5.74) is 1.69. The summed E-state index contributed by atoms with van der Waals surface area (Å²) in [5.74, 6) is 0.0859. The molecule has 0 spiro atoms. The highest BCUT2D eigenvalue weighted by atomic mass is 16.2. The SMILES string of the molecule is O=C1CC(C(=O)Nc2ccccn2)Cc2ccccc21. The maximum atomic E-state index is 12.2. The number of aromatic nitrogens is 1. The van der Waals surface area contributed by atoms with Crippen molar-refractivity contribution in [1.82, 2.24) is 4.98 Å². The topological polar surface area (TPSA) is 59.1 Å². The number of amides is 1. The van der Waals surface area contributed by atoms with E-state index in [1.54, 1.807) is 18.3 Å². The van der Waals surface area contributed by atoms with Gasteiger partial charge in [-0.1, -0.05) is 30.3 Å². The van der Waals surface area contributed by atoms with E-state index >= 15 is 0 Å². The maximum absolute atomic E-state index is 12.2. The van der Waals surface area contributed by atoms with Gasteiger partial charge in [0, 0.05) is 24.1 Å². The predicted octanol–water partition coefficient (Wildman–Crippen LogP) is 2.47. The van der Waals surface area contributed by atoms with Crippen molar-refractivity contribution in [2.24, 2.45) is 5.92 Å². The Labute approximate surface area is 116 Å². The number of nitrogens with one attached hydrogen (secondary N) is 1. The number of carbonyl (C=O) groups excluding carboxylic acids is 2. The van der Waals surface area contributed by atoms with Crippen LogP contribution < -0.4 is 5.32 Å². The predicted molar refractivity (Wildman–Crippen MR) is 75.5 cm³/mol. The van der Waals surface area contributed by atoms with Gasteiger partial charge in [-0.05, 0) is 24.1 Å².